The van der Waals surface area contributed by atoms with E-state index < -0.39 is 0 Å². The molecule has 0 saturated carbocycles. The number of ether oxygens (including phenoxy) is 1. The molecule has 0 bridgehead atoms. The first-order valence-corrected chi connectivity index (χ1v) is 7.29. The first-order valence-electron chi connectivity index (χ1n) is 7.29. The van der Waals surface area contributed by atoms with Crippen molar-refractivity contribution in [3.63, 3.8) is 0 Å². The first kappa shape index (κ1) is 16.2. The van der Waals surface area contributed by atoms with E-state index in [0.717, 1.165) is 6.54 Å². The van der Waals surface area contributed by atoms with Crippen LogP contribution in [-0.2, 0) is 9.53 Å². The van der Waals surface area contributed by atoms with Crippen LogP contribution in [0.5, 0.6) is 0 Å². The van der Waals surface area contributed by atoms with E-state index in [1.54, 1.807) is 30.3 Å². The van der Waals surface area contributed by atoms with Gasteiger partial charge in [0.1, 0.15) is 0 Å². The largest absolute Gasteiger partial charge is 0.378 e. The predicted octanol–water partition coefficient (Wildman–Crippen LogP) is 0.919. The third kappa shape index (κ3) is 4.98. The molecule has 0 aromatic heterocycles. The van der Waals surface area contributed by atoms with Crippen molar-refractivity contribution in [2.24, 2.45) is 0 Å². The average molecular weight is 303 g/mol. The molecule has 2 amide bonds. The van der Waals surface area contributed by atoms with Crippen LogP contribution in [0.3, 0.4) is 0 Å². The topological polar surface area (TPSA) is 79.5 Å². The van der Waals surface area contributed by atoms with Crippen LogP contribution < -0.4 is 16.0 Å². The van der Waals surface area contributed by atoms with Crippen LogP contribution in [0.1, 0.15) is 16.8 Å². The molecule has 0 radical (unpaired) electrons. The van der Waals surface area contributed by atoms with Crippen LogP contribution in [0.15, 0.2) is 36.9 Å². The molecule has 3 N–H and O–H groups in total. The SMILES string of the molecule is C=CCNC(=O)c1ccc(NC(=O)CC2COCCN2)cc1. The molecule has 1 aliphatic heterocycles. The van der Waals surface area contributed by atoms with Gasteiger partial charge in [-0.25, -0.2) is 0 Å². The number of anilines is 1. The zero-order valence-corrected chi connectivity index (χ0v) is 12.4. The Hall–Kier alpha value is -2.18. The summed E-state index contributed by atoms with van der Waals surface area (Å²) >= 11 is 0. The first-order chi connectivity index (χ1) is 10.7. The van der Waals surface area contributed by atoms with Gasteiger partial charge in [0.15, 0.2) is 0 Å². The summed E-state index contributed by atoms with van der Waals surface area (Å²) in [5.74, 6) is -0.242. The van der Waals surface area contributed by atoms with Gasteiger partial charge in [0.2, 0.25) is 5.91 Å². The summed E-state index contributed by atoms with van der Waals surface area (Å²) in [6.07, 6.45) is 1.98. The van der Waals surface area contributed by atoms with E-state index in [1.165, 1.54) is 0 Å². The maximum atomic E-state index is 11.9. The van der Waals surface area contributed by atoms with Crippen molar-refractivity contribution in [3.05, 3.63) is 42.5 Å². The zero-order valence-electron chi connectivity index (χ0n) is 12.4. The Morgan fingerprint density at radius 3 is 2.77 bits per heavy atom. The van der Waals surface area contributed by atoms with Crippen molar-refractivity contribution >= 4 is 17.5 Å². The molecule has 1 heterocycles. The van der Waals surface area contributed by atoms with Crippen molar-refractivity contribution in [2.75, 3.05) is 31.6 Å². The van der Waals surface area contributed by atoms with Crippen molar-refractivity contribution in [2.45, 2.75) is 12.5 Å². The standard InChI is InChI=1S/C16H21N3O3/c1-2-7-18-16(21)12-3-5-13(6-4-12)19-15(20)10-14-11-22-9-8-17-14/h2-6,14,17H,1,7-11H2,(H,18,21)(H,19,20). The second-order valence-corrected chi connectivity index (χ2v) is 5.05. The number of hydrogen-bond donors (Lipinski definition) is 3. The highest BCUT2D eigenvalue weighted by Crippen LogP contribution is 2.11. The van der Waals surface area contributed by atoms with Gasteiger partial charge in [-0.3, -0.25) is 9.59 Å². The Balaban J connectivity index is 1.83. The molecule has 22 heavy (non-hydrogen) atoms. The van der Waals surface area contributed by atoms with Crippen molar-refractivity contribution in [1.82, 2.24) is 10.6 Å². The van der Waals surface area contributed by atoms with E-state index in [0.29, 0.717) is 37.4 Å². The second-order valence-electron chi connectivity index (χ2n) is 5.05. The lowest BCUT2D eigenvalue weighted by atomic mass is 10.1. The number of amides is 2. The molecule has 118 valence electrons. The average Bonchev–Trinajstić information content (AvgIpc) is 2.54. The highest BCUT2D eigenvalue weighted by molar-refractivity contribution is 5.95. The summed E-state index contributed by atoms with van der Waals surface area (Å²) in [5.41, 5.74) is 1.21. The molecule has 0 spiro atoms. The minimum absolute atomic E-state index is 0.0534. The normalized spacial score (nSPS) is 17.5. The molecule has 1 aromatic carbocycles. The van der Waals surface area contributed by atoms with Gasteiger partial charge in [0.25, 0.3) is 5.91 Å². The number of morpholine rings is 1. The fourth-order valence-corrected chi connectivity index (χ4v) is 2.16. The van der Waals surface area contributed by atoms with Crippen LogP contribution >= 0.6 is 0 Å². The summed E-state index contributed by atoms with van der Waals surface area (Å²) in [6, 6.07) is 6.83. The number of nitrogens with one attached hydrogen (secondary N) is 3. The molecule has 1 unspecified atom stereocenters. The lowest BCUT2D eigenvalue weighted by molar-refractivity contribution is -0.117. The van der Waals surface area contributed by atoms with E-state index in [2.05, 4.69) is 22.5 Å². The third-order valence-electron chi connectivity index (χ3n) is 3.27. The third-order valence-corrected chi connectivity index (χ3v) is 3.27. The van der Waals surface area contributed by atoms with Gasteiger partial charge < -0.3 is 20.7 Å². The van der Waals surface area contributed by atoms with Crippen LogP contribution in [0, 0.1) is 0 Å². The lowest BCUT2D eigenvalue weighted by Crippen LogP contribution is -2.43. The van der Waals surface area contributed by atoms with Crippen LogP contribution in [-0.4, -0.2) is 44.2 Å². The van der Waals surface area contributed by atoms with Gasteiger partial charge in [-0.2, -0.15) is 0 Å². The number of carbonyl (C=O) groups is 2. The smallest absolute Gasteiger partial charge is 0.251 e. The molecule has 1 aromatic rings. The van der Waals surface area contributed by atoms with E-state index in [-0.39, 0.29) is 17.9 Å². The second kappa shape index (κ2) is 8.31. The van der Waals surface area contributed by atoms with Crippen molar-refractivity contribution in [3.8, 4) is 0 Å². The van der Waals surface area contributed by atoms with E-state index >= 15 is 0 Å². The highest BCUT2D eigenvalue weighted by Gasteiger charge is 2.16. The summed E-state index contributed by atoms with van der Waals surface area (Å²) < 4.78 is 5.31. The Kier molecular flexibility index (Phi) is 6.12. The van der Waals surface area contributed by atoms with Gasteiger partial charge in [-0.15, -0.1) is 6.58 Å². The number of benzene rings is 1. The summed E-state index contributed by atoms with van der Waals surface area (Å²) in [5, 5.41) is 8.75. The molecule has 1 atom stereocenters. The molecule has 2 rings (SSSR count). The number of carbonyl (C=O) groups excluding carboxylic acids is 2. The van der Waals surface area contributed by atoms with Crippen LogP contribution in [0.4, 0.5) is 5.69 Å². The lowest BCUT2D eigenvalue weighted by Gasteiger charge is -2.23. The van der Waals surface area contributed by atoms with Crippen LogP contribution in [0.2, 0.25) is 0 Å². The molecular weight excluding hydrogens is 282 g/mol. The predicted molar refractivity (Wildman–Crippen MR) is 84.8 cm³/mol. The number of hydrogen-bond acceptors (Lipinski definition) is 4. The van der Waals surface area contributed by atoms with Crippen molar-refractivity contribution in [1.29, 1.82) is 0 Å². The molecule has 0 aliphatic carbocycles. The minimum Gasteiger partial charge on any atom is -0.378 e. The van der Waals surface area contributed by atoms with Gasteiger partial charge in [-0.05, 0) is 24.3 Å². The fourth-order valence-electron chi connectivity index (χ4n) is 2.16. The summed E-state index contributed by atoms with van der Waals surface area (Å²) in [7, 11) is 0. The van der Waals surface area contributed by atoms with E-state index in [9.17, 15) is 9.59 Å². The van der Waals surface area contributed by atoms with Crippen LogP contribution in [0.25, 0.3) is 0 Å². The van der Waals surface area contributed by atoms with E-state index in [1.807, 2.05) is 0 Å². The fraction of sp³-hybridized carbons (Fsp3) is 0.375. The minimum atomic E-state index is -0.165. The Morgan fingerprint density at radius 1 is 1.36 bits per heavy atom. The van der Waals surface area contributed by atoms with Gasteiger partial charge >= 0.3 is 0 Å². The van der Waals surface area contributed by atoms with Gasteiger partial charge in [0, 0.05) is 36.8 Å². The maximum Gasteiger partial charge on any atom is 0.251 e. The molecule has 1 fully saturated rings. The van der Waals surface area contributed by atoms with Gasteiger partial charge in [0.05, 0.1) is 13.2 Å². The molecule has 6 nitrogen and oxygen atoms in total. The van der Waals surface area contributed by atoms with E-state index in [4.69, 9.17) is 4.74 Å². The molecule has 1 saturated heterocycles. The molecule has 1 aliphatic rings. The summed E-state index contributed by atoms with van der Waals surface area (Å²) in [6.45, 7) is 5.98. The highest BCUT2D eigenvalue weighted by atomic mass is 16.5. The maximum absolute atomic E-state index is 11.9. The van der Waals surface area contributed by atoms with Gasteiger partial charge in [-0.1, -0.05) is 6.08 Å². The Bertz CT molecular complexity index is 522. The zero-order chi connectivity index (χ0) is 15.8. The Labute approximate surface area is 129 Å². The molecular formula is C16H21N3O3. The Morgan fingerprint density at radius 2 is 2.14 bits per heavy atom. The summed E-state index contributed by atoms with van der Waals surface area (Å²) in [4.78, 5) is 23.7. The molecule has 6 heteroatoms. The quantitative estimate of drug-likeness (QED) is 0.683. The number of rotatable bonds is 6. The van der Waals surface area contributed by atoms with Crippen molar-refractivity contribution < 1.29 is 14.3 Å². The monoisotopic (exact) mass is 303 g/mol.